The molecule has 0 radical (unpaired) electrons. The number of anilines is 3. The minimum atomic E-state index is -0.701. The second kappa shape index (κ2) is 7.63. The molecule has 118 valence electrons. The quantitative estimate of drug-likeness (QED) is 0.848. The van der Waals surface area contributed by atoms with Crippen LogP contribution in [0.2, 0.25) is 0 Å². The Kier molecular flexibility index (Phi) is 5.57. The van der Waals surface area contributed by atoms with Crippen LogP contribution in [0.25, 0.3) is 0 Å². The first-order valence-corrected chi connectivity index (χ1v) is 7.30. The summed E-state index contributed by atoms with van der Waals surface area (Å²) in [6, 6.07) is 3.28. The van der Waals surface area contributed by atoms with Crippen molar-refractivity contribution in [2.24, 2.45) is 0 Å². The maximum Gasteiger partial charge on any atom is 0.249 e. The second-order valence-corrected chi connectivity index (χ2v) is 4.87. The summed E-state index contributed by atoms with van der Waals surface area (Å²) < 4.78 is 26.6. The van der Waals surface area contributed by atoms with Gasteiger partial charge in [0.2, 0.25) is 5.95 Å². The minimum Gasteiger partial charge on any atom is -0.355 e. The molecule has 2 aromatic rings. The van der Waals surface area contributed by atoms with Crippen LogP contribution in [0.1, 0.15) is 26.7 Å². The van der Waals surface area contributed by atoms with Crippen molar-refractivity contribution in [1.82, 2.24) is 15.2 Å². The van der Waals surface area contributed by atoms with Crippen molar-refractivity contribution >= 4 is 17.5 Å². The largest absolute Gasteiger partial charge is 0.355 e. The van der Waals surface area contributed by atoms with Gasteiger partial charge in [0, 0.05) is 19.2 Å². The van der Waals surface area contributed by atoms with Crippen LogP contribution < -0.4 is 10.2 Å². The molecule has 22 heavy (non-hydrogen) atoms. The molecule has 0 amide bonds. The van der Waals surface area contributed by atoms with Gasteiger partial charge in [-0.3, -0.25) is 0 Å². The van der Waals surface area contributed by atoms with E-state index in [9.17, 15) is 8.78 Å². The van der Waals surface area contributed by atoms with Crippen molar-refractivity contribution in [3.05, 3.63) is 36.0 Å². The van der Waals surface area contributed by atoms with Crippen LogP contribution in [0.15, 0.2) is 24.4 Å². The van der Waals surface area contributed by atoms with E-state index < -0.39 is 11.6 Å². The van der Waals surface area contributed by atoms with Gasteiger partial charge in [0.25, 0.3) is 0 Å². The van der Waals surface area contributed by atoms with E-state index in [4.69, 9.17) is 0 Å². The van der Waals surface area contributed by atoms with Gasteiger partial charge in [-0.25, -0.2) is 8.78 Å². The van der Waals surface area contributed by atoms with Crippen LogP contribution in [0, 0.1) is 11.6 Å². The zero-order chi connectivity index (χ0) is 15.9. The molecular weight excluding hydrogens is 288 g/mol. The fraction of sp³-hybridized carbons (Fsp3) is 0.400. The molecule has 1 N–H and O–H groups in total. The average molecular weight is 307 g/mol. The van der Waals surface area contributed by atoms with Crippen LogP contribution in [-0.4, -0.2) is 28.3 Å². The van der Waals surface area contributed by atoms with E-state index in [1.165, 1.54) is 12.1 Å². The second-order valence-electron chi connectivity index (χ2n) is 4.87. The van der Waals surface area contributed by atoms with Crippen LogP contribution in [0.4, 0.5) is 26.2 Å². The first kappa shape index (κ1) is 16.1. The third-order valence-corrected chi connectivity index (χ3v) is 3.03. The lowest BCUT2D eigenvalue weighted by Gasteiger charge is -2.22. The molecule has 0 spiro atoms. The summed E-state index contributed by atoms with van der Waals surface area (Å²) in [7, 11) is 0. The molecule has 0 aliphatic heterocycles. The maximum absolute atomic E-state index is 13.6. The first-order valence-electron chi connectivity index (χ1n) is 7.30. The molecule has 0 bridgehead atoms. The van der Waals surface area contributed by atoms with Crippen LogP contribution in [-0.2, 0) is 0 Å². The number of halogens is 2. The molecule has 5 nitrogen and oxygen atoms in total. The van der Waals surface area contributed by atoms with E-state index in [2.05, 4.69) is 39.2 Å². The van der Waals surface area contributed by atoms with E-state index in [0.29, 0.717) is 5.82 Å². The number of hydrogen-bond acceptors (Lipinski definition) is 5. The Bertz CT molecular complexity index is 615. The summed E-state index contributed by atoms with van der Waals surface area (Å²) in [6.45, 7) is 5.89. The van der Waals surface area contributed by atoms with E-state index in [1.807, 2.05) is 0 Å². The SMILES string of the molecule is CCCN(CCC)c1cnnc(Nc2ccc(F)cc2F)n1. The van der Waals surface area contributed by atoms with Gasteiger partial charge in [0.1, 0.15) is 11.6 Å². The molecule has 0 saturated heterocycles. The molecule has 0 atom stereocenters. The van der Waals surface area contributed by atoms with E-state index >= 15 is 0 Å². The Morgan fingerprint density at radius 2 is 1.86 bits per heavy atom. The van der Waals surface area contributed by atoms with Gasteiger partial charge in [0.05, 0.1) is 11.9 Å². The molecule has 0 fully saturated rings. The van der Waals surface area contributed by atoms with E-state index in [0.717, 1.165) is 32.0 Å². The van der Waals surface area contributed by atoms with Crippen LogP contribution in [0.5, 0.6) is 0 Å². The van der Waals surface area contributed by atoms with Gasteiger partial charge in [-0.05, 0) is 25.0 Å². The normalized spacial score (nSPS) is 10.5. The summed E-state index contributed by atoms with van der Waals surface area (Å²) in [5.41, 5.74) is 0.109. The summed E-state index contributed by atoms with van der Waals surface area (Å²) >= 11 is 0. The Balaban J connectivity index is 2.20. The van der Waals surface area contributed by atoms with Crippen molar-refractivity contribution in [1.29, 1.82) is 0 Å². The van der Waals surface area contributed by atoms with Gasteiger partial charge in [-0.1, -0.05) is 13.8 Å². The highest BCUT2D eigenvalue weighted by Gasteiger charge is 2.10. The number of benzene rings is 1. The van der Waals surface area contributed by atoms with Gasteiger partial charge < -0.3 is 10.2 Å². The standard InChI is InChI=1S/C15H19F2N5/c1-3-7-22(8-4-2)14-10-18-21-15(20-14)19-13-6-5-11(16)9-12(13)17/h5-6,9-10H,3-4,7-8H2,1-2H3,(H,19,20,21). The van der Waals surface area contributed by atoms with Gasteiger partial charge in [-0.15, -0.1) is 5.10 Å². The Morgan fingerprint density at radius 3 is 2.50 bits per heavy atom. The fourth-order valence-corrected chi connectivity index (χ4v) is 2.09. The summed E-state index contributed by atoms with van der Waals surface area (Å²) in [6.07, 6.45) is 3.55. The van der Waals surface area contributed by atoms with Gasteiger partial charge in [0.15, 0.2) is 5.82 Å². The van der Waals surface area contributed by atoms with E-state index in [-0.39, 0.29) is 11.6 Å². The number of nitrogens with one attached hydrogen (secondary N) is 1. The van der Waals surface area contributed by atoms with Crippen LogP contribution in [0.3, 0.4) is 0 Å². The van der Waals surface area contributed by atoms with Crippen molar-refractivity contribution in [3.8, 4) is 0 Å². The molecule has 7 heteroatoms. The highest BCUT2D eigenvalue weighted by atomic mass is 19.1. The zero-order valence-electron chi connectivity index (χ0n) is 12.7. The Labute approximate surface area is 128 Å². The lowest BCUT2D eigenvalue weighted by atomic mass is 10.3. The molecule has 1 aromatic heterocycles. The summed E-state index contributed by atoms with van der Waals surface area (Å²) in [5.74, 6) is -0.468. The zero-order valence-corrected chi connectivity index (χ0v) is 12.7. The summed E-state index contributed by atoms with van der Waals surface area (Å²) in [4.78, 5) is 6.45. The van der Waals surface area contributed by atoms with E-state index in [1.54, 1.807) is 6.20 Å². The van der Waals surface area contributed by atoms with Crippen molar-refractivity contribution in [2.75, 3.05) is 23.3 Å². The number of rotatable bonds is 7. The lowest BCUT2D eigenvalue weighted by Crippen LogP contribution is -2.26. The molecule has 0 aliphatic carbocycles. The third-order valence-electron chi connectivity index (χ3n) is 3.03. The highest BCUT2D eigenvalue weighted by molar-refractivity contribution is 5.55. The maximum atomic E-state index is 13.6. The Morgan fingerprint density at radius 1 is 1.14 bits per heavy atom. The number of hydrogen-bond donors (Lipinski definition) is 1. The summed E-state index contributed by atoms with van der Waals surface area (Å²) in [5, 5.41) is 10.5. The van der Waals surface area contributed by atoms with Crippen LogP contribution >= 0.6 is 0 Å². The van der Waals surface area contributed by atoms with Gasteiger partial charge >= 0.3 is 0 Å². The van der Waals surface area contributed by atoms with Gasteiger partial charge in [-0.2, -0.15) is 10.1 Å². The fourth-order valence-electron chi connectivity index (χ4n) is 2.09. The number of nitrogens with zero attached hydrogens (tertiary/aromatic N) is 4. The van der Waals surface area contributed by atoms with Crippen molar-refractivity contribution < 1.29 is 8.78 Å². The monoisotopic (exact) mass is 307 g/mol. The van der Waals surface area contributed by atoms with Crippen molar-refractivity contribution in [2.45, 2.75) is 26.7 Å². The minimum absolute atomic E-state index is 0.109. The predicted molar refractivity (Wildman–Crippen MR) is 82.3 cm³/mol. The third kappa shape index (κ3) is 4.09. The molecule has 1 heterocycles. The average Bonchev–Trinajstić information content (AvgIpc) is 2.50. The Hall–Kier alpha value is -2.31. The molecule has 0 saturated carbocycles. The molecule has 2 rings (SSSR count). The number of aromatic nitrogens is 3. The highest BCUT2D eigenvalue weighted by Crippen LogP contribution is 2.19. The molecule has 0 unspecified atom stereocenters. The topological polar surface area (TPSA) is 53.9 Å². The first-order chi connectivity index (χ1) is 10.6. The molecule has 0 aliphatic rings. The smallest absolute Gasteiger partial charge is 0.249 e. The van der Waals surface area contributed by atoms with Crippen molar-refractivity contribution in [3.63, 3.8) is 0 Å². The molecule has 1 aromatic carbocycles. The molecular formula is C15H19F2N5. The lowest BCUT2D eigenvalue weighted by molar-refractivity contribution is 0.586. The predicted octanol–water partition coefficient (Wildman–Crippen LogP) is 3.52.